The lowest BCUT2D eigenvalue weighted by Crippen LogP contribution is -2.36. The zero-order valence-corrected chi connectivity index (χ0v) is 12.9. The van der Waals surface area contributed by atoms with Gasteiger partial charge < -0.3 is 5.32 Å². The summed E-state index contributed by atoms with van der Waals surface area (Å²) in [4.78, 5) is 0. The molecule has 1 aliphatic carbocycles. The van der Waals surface area contributed by atoms with Crippen LogP contribution in [-0.4, -0.2) is 21.5 Å². The van der Waals surface area contributed by atoms with Crippen LogP contribution in [0.25, 0.3) is 0 Å². The van der Waals surface area contributed by atoms with Crippen molar-refractivity contribution in [3.63, 3.8) is 0 Å². The average molecular weight is 296 g/mol. The largest absolute Gasteiger partial charge is 0.316 e. The molecule has 5 heteroatoms. The highest BCUT2D eigenvalue weighted by molar-refractivity contribution is 7.88. The predicted molar refractivity (Wildman–Crippen MR) is 81.8 cm³/mol. The molecule has 0 bridgehead atoms. The summed E-state index contributed by atoms with van der Waals surface area (Å²) in [5, 5.41) is 3.07. The molecule has 0 heterocycles. The van der Waals surface area contributed by atoms with E-state index in [0.717, 1.165) is 43.4 Å². The topological polar surface area (TPSA) is 58.2 Å². The van der Waals surface area contributed by atoms with Gasteiger partial charge >= 0.3 is 0 Å². The van der Waals surface area contributed by atoms with E-state index in [-0.39, 0.29) is 11.8 Å². The Morgan fingerprint density at radius 3 is 2.55 bits per heavy atom. The zero-order valence-electron chi connectivity index (χ0n) is 12.1. The smallest absolute Gasteiger partial charge is 0.216 e. The first-order valence-electron chi connectivity index (χ1n) is 7.31. The number of sulfonamides is 1. The summed E-state index contributed by atoms with van der Waals surface area (Å²) in [7, 11) is -1.35. The van der Waals surface area contributed by atoms with Crippen LogP contribution in [0.2, 0.25) is 0 Å². The SMILES string of the molecule is CNCc1cccc(CS(=O)(=O)NC2CCCCC2)c1. The second-order valence-electron chi connectivity index (χ2n) is 5.56. The molecule has 112 valence electrons. The van der Waals surface area contributed by atoms with Crippen LogP contribution >= 0.6 is 0 Å². The van der Waals surface area contributed by atoms with Gasteiger partial charge in [-0.1, -0.05) is 43.5 Å². The Balaban J connectivity index is 1.98. The summed E-state index contributed by atoms with van der Waals surface area (Å²) in [6, 6.07) is 7.88. The van der Waals surface area contributed by atoms with Crippen molar-refractivity contribution in [1.82, 2.24) is 10.0 Å². The summed E-state index contributed by atoms with van der Waals surface area (Å²) in [5.74, 6) is 0.0705. The molecule has 20 heavy (non-hydrogen) atoms. The molecule has 1 aromatic carbocycles. The molecule has 1 aromatic rings. The Morgan fingerprint density at radius 2 is 1.85 bits per heavy atom. The van der Waals surface area contributed by atoms with Crippen LogP contribution in [0.1, 0.15) is 43.2 Å². The van der Waals surface area contributed by atoms with Gasteiger partial charge in [-0.2, -0.15) is 0 Å². The number of nitrogens with one attached hydrogen (secondary N) is 2. The van der Waals surface area contributed by atoms with E-state index in [1.807, 2.05) is 31.3 Å². The molecule has 0 aliphatic heterocycles. The first-order valence-corrected chi connectivity index (χ1v) is 8.97. The van der Waals surface area contributed by atoms with Gasteiger partial charge in [0.2, 0.25) is 10.0 Å². The maximum absolute atomic E-state index is 12.2. The lowest BCUT2D eigenvalue weighted by molar-refractivity contribution is 0.412. The number of rotatable bonds is 6. The molecular weight excluding hydrogens is 272 g/mol. The van der Waals surface area contributed by atoms with Crippen molar-refractivity contribution in [1.29, 1.82) is 0 Å². The van der Waals surface area contributed by atoms with Gasteiger partial charge in [-0.25, -0.2) is 13.1 Å². The van der Waals surface area contributed by atoms with E-state index in [4.69, 9.17) is 0 Å². The van der Waals surface area contributed by atoms with Crippen molar-refractivity contribution < 1.29 is 8.42 Å². The van der Waals surface area contributed by atoms with E-state index < -0.39 is 10.0 Å². The van der Waals surface area contributed by atoms with E-state index in [2.05, 4.69) is 10.0 Å². The molecule has 4 nitrogen and oxygen atoms in total. The minimum Gasteiger partial charge on any atom is -0.316 e. The van der Waals surface area contributed by atoms with Gasteiger partial charge in [0.25, 0.3) is 0 Å². The highest BCUT2D eigenvalue weighted by Gasteiger charge is 2.20. The van der Waals surface area contributed by atoms with Crippen LogP contribution in [0.15, 0.2) is 24.3 Å². The highest BCUT2D eigenvalue weighted by Crippen LogP contribution is 2.19. The van der Waals surface area contributed by atoms with Crippen molar-refractivity contribution in [2.24, 2.45) is 0 Å². The second kappa shape index (κ2) is 7.20. The molecule has 0 atom stereocenters. The van der Waals surface area contributed by atoms with Crippen molar-refractivity contribution in [2.45, 2.75) is 50.4 Å². The predicted octanol–water partition coefficient (Wildman–Crippen LogP) is 2.16. The number of hydrogen-bond donors (Lipinski definition) is 2. The second-order valence-corrected chi connectivity index (χ2v) is 7.32. The highest BCUT2D eigenvalue weighted by atomic mass is 32.2. The molecule has 0 saturated heterocycles. The molecule has 0 amide bonds. The molecule has 0 spiro atoms. The minimum atomic E-state index is -3.24. The van der Waals surface area contributed by atoms with Gasteiger partial charge in [0, 0.05) is 12.6 Å². The average Bonchev–Trinajstić information content (AvgIpc) is 2.39. The first kappa shape index (κ1) is 15.5. The molecule has 2 rings (SSSR count). The van der Waals surface area contributed by atoms with Crippen LogP contribution in [0.5, 0.6) is 0 Å². The van der Waals surface area contributed by atoms with E-state index in [1.165, 1.54) is 6.42 Å². The van der Waals surface area contributed by atoms with E-state index in [1.54, 1.807) is 0 Å². The van der Waals surface area contributed by atoms with Crippen LogP contribution in [0.4, 0.5) is 0 Å². The fraction of sp³-hybridized carbons (Fsp3) is 0.600. The first-order chi connectivity index (χ1) is 9.59. The molecular formula is C15H24N2O2S. The molecule has 1 saturated carbocycles. The fourth-order valence-corrected chi connectivity index (χ4v) is 4.21. The van der Waals surface area contributed by atoms with Crippen LogP contribution in [-0.2, 0) is 22.3 Å². The van der Waals surface area contributed by atoms with Crippen molar-refractivity contribution in [3.8, 4) is 0 Å². The Hall–Kier alpha value is -0.910. The maximum Gasteiger partial charge on any atom is 0.216 e. The monoisotopic (exact) mass is 296 g/mol. The normalized spacial score (nSPS) is 17.2. The molecule has 0 radical (unpaired) electrons. The van der Waals surface area contributed by atoms with Crippen molar-refractivity contribution >= 4 is 10.0 Å². The molecule has 1 aliphatic rings. The van der Waals surface area contributed by atoms with E-state index in [9.17, 15) is 8.42 Å². The minimum absolute atomic E-state index is 0.0705. The van der Waals surface area contributed by atoms with Crippen LogP contribution in [0, 0.1) is 0 Å². The van der Waals surface area contributed by atoms with Gasteiger partial charge in [-0.3, -0.25) is 0 Å². The summed E-state index contributed by atoms with van der Waals surface area (Å²) < 4.78 is 27.3. The fourth-order valence-electron chi connectivity index (χ4n) is 2.77. The maximum atomic E-state index is 12.2. The zero-order chi connectivity index (χ0) is 14.4. The van der Waals surface area contributed by atoms with Crippen molar-refractivity contribution in [3.05, 3.63) is 35.4 Å². The number of benzene rings is 1. The Morgan fingerprint density at radius 1 is 1.15 bits per heavy atom. The standard InChI is InChI=1S/C15H24N2O2S/c1-16-11-13-6-5-7-14(10-13)12-20(18,19)17-15-8-3-2-4-9-15/h5-7,10,15-17H,2-4,8-9,11-12H2,1H3. The Bertz CT molecular complexity index is 522. The molecule has 2 N–H and O–H groups in total. The van der Waals surface area contributed by atoms with E-state index >= 15 is 0 Å². The summed E-state index contributed by atoms with van der Waals surface area (Å²) in [5.41, 5.74) is 1.96. The summed E-state index contributed by atoms with van der Waals surface area (Å²) >= 11 is 0. The van der Waals surface area contributed by atoms with Crippen molar-refractivity contribution in [2.75, 3.05) is 7.05 Å². The molecule has 0 aromatic heterocycles. The Labute approximate surface area is 122 Å². The lowest BCUT2D eigenvalue weighted by Gasteiger charge is -2.22. The third-order valence-electron chi connectivity index (χ3n) is 3.68. The van der Waals surface area contributed by atoms with E-state index in [0.29, 0.717) is 0 Å². The third-order valence-corrected chi connectivity index (χ3v) is 5.09. The lowest BCUT2D eigenvalue weighted by atomic mass is 9.96. The van der Waals surface area contributed by atoms with Gasteiger partial charge in [-0.05, 0) is 31.0 Å². The Kier molecular flexibility index (Phi) is 5.57. The molecule has 1 fully saturated rings. The van der Waals surface area contributed by atoms with Gasteiger partial charge in [-0.15, -0.1) is 0 Å². The summed E-state index contributed by atoms with van der Waals surface area (Å²) in [6.45, 7) is 0.754. The molecule has 0 unspecified atom stereocenters. The third kappa shape index (κ3) is 4.89. The number of hydrogen-bond acceptors (Lipinski definition) is 3. The quantitative estimate of drug-likeness (QED) is 0.846. The van der Waals surface area contributed by atoms with Gasteiger partial charge in [0.05, 0.1) is 5.75 Å². The van der Waals surface area contributed by atoms with Crippen LogP contribution < -0.4 is 10.0 Å². The van der Waals surface area contributed by atoms with Gasteiger partial charge in [0.1, 0.15) is 0 Å². The van der Waals surface area contributed by atoms with Crippen LogP contribution in [0.3, 0.4) is 0 Å². The summed E-state index contributed by atoms with van der Waals surface area (Å²) in [6.07, 6.45) is 5.43. The van der Waals surface area contributed by atoms with Gasteiger partial charge in [0.15, 0.2) is 0 Å².